The summed E-state index contributed by atoms with van der Waals surface area (Å²) >= 11 is 1.42. The van der Waals surface area contributed by atoms with Gasteiger partial charge in [-0.25, -0.2) is 0 Å². The zero-order valence-electron chi connectivity index (χ0n) is 14.0. The van der Waals surface area contributed by atoms with Crippen LogP contribution < -0.4 is 0 Å². The molecule has 3 rings (SSSR count). The number of carbonyl (C=O) groups is 1. The van der Waals surface area contributed by atoms with Gasteiger partial charge in [-0.15, -0.1) is 10.2 Å². The second kappa shape index (κ2) is 7.85. The Bertz CT molecular complexity index is 663. The van der Waals surface area contributed by atoms with E-state index >= 15 is 0 Å². The van der Waals surface area contributed by atoms with Gasteiger partial charge in [0.05, 0.1) is 25.2 Å². The molecule has 1 fully saturated rings. The molecule has 0 atom stereocenters. The standard InChI is InChI=1S/C16H22N4O3S/c1-12(2)10-20-15(13-4-3-7-23-13)17-18-16(20)24-11-14(21)19-5-8-22-9-6-19/h3-4,7,12H,5-6,8-11H2,1-2H3. The molecule has 8 heteroatoms. The third-order valence-electron chi connectivity index (χ3n) is 3.69. The summed E-state index contributed by atoms with van der Waals surface area (Å²) in [6, 6.07) is 3.70. The summed E-state index contributed by atoms with van der Waals surface area (Å²) < 4.78 is 12.8. The Morgan fingerprint density at radius 1 is 1.33 bits per heavy atom. The molecular formula is C16H22N4O3S. The Hall–Kier alpha value is -1.80. The van der Waals surface area contributed by atoms with Crippen LogP contribution in [0.15, 0.2) is 28.0 Å². The van der Waals surface area contributed by atoms with E-state index in [0.717, 1.165) is 11.7 Å². The van der Waals surface area contributed by atoms with Crippen LogP contribution in [-0.2, 0) is 16.1 Å². The highest BCUT2D eigenvalue weighted by Gasteiger charge is 2.21. The Morgan fingerprint density at radius 3 is 2.79 bits per heavy atom. The van der Waals surface area contributed by atoms with E-state index in [1.54, 1.807) is 6.26 Å². The second-order valence-electron chi connectivity index (χ2n) is 6.07. The average Bonchev–Trinajstić information content (AvgIpc) is 3.23. The maximum atomic E-state index is 12.3. The van der Waals surface area contributed by atoms with Gasteiger partial charge in [0, 0.05) is 19.6 Å². The molecule has 0 radical (unpaired) electrons. The van der Waals surface area contributed by atoms with Crippen LogP contribution >= 0.6 is 11.8 Å². The number of hydrogen-bond acceptors (Lipinski definition) is 6. The van der Waals surface area contributed by atoms with Crippen molar-refractivity contribution in [3.8, 4) is 11.6 Å². The zero-order chi connectivity index (χ0) is 16.9. The van der Waals surface area contributed by atoms with Crippen molar-refractivity contribution in [3.63, 3.8) is 0 Å². The van der Waals surface area contributed by atoms with Crippen LogP contribution in [-0.4, -0.2) is 57.6 Å². The van der Waals surface area contributed by atoms with Crippen LogP contribution in [0.2, 0.25) is 0 Å². The minimum Gasteiger partial charge on any atom is -0.461 e. The summed E-state index contributed by atoms with van der Waals surface area (Å²) in [6.45, 7) is 7.60. The Labute approximate surface area is 145 Å². The lowest BCUT2D eigenvalue weighted by Gasteiger charge is -2.26. The summed E-state index contributed by atoms with van der Waals surface area (Å²) in [5, 5.41) is 9.27. The molecule has 0 saturated carbocycles. The number of aromatic nitrogens is 3. The number of ether oxygens (including phenoxy) is 1. The fourth-order valence-corrected chi connectivity index (χ4v) is 3.39. The number of rotatable bonds is 6. The summed E-state index contributed by atoms with van der Waals surface area (Å²) in [6.07, 6.45) is 1.62. The first-order valence-corrected chi connectivity index (χ1v) is 9.09. The van der Waals surface area contributed by atoms with Crippen molar-refractivity contribution in [2.24, 2.45) is 5.92 Å². The summed E-state index contributed by atoms with van der Waals surface area (Å²) in [4.78, 5) is 14.2. The van der Waals surface area contributed by atoms with E-state index in [1.807, 2.05) is 21.6 Å². The van der Waals surface area contributed by atoms with Gasteiger partial charge in [0.25, 0.3) is 0 Å². The Kier molecular flexibility index (Phi) is 5.57. The molecule has 1 aliphatic rings. The van der Waals surface area contributed by atoms with Gasteiger partial charge in [0.2, 0.25) is 5.91 Å². The second-order valence-corrected chi connectivity index (χ2v) is 7.01. The molecule has 2 aromatic heterocycles. The lowest BCUT2D eigenvalue weighted by Crippen LogP contribution is -2.41. The lowest BCUT2D eigenvalue weighted by molar-refractivity contribution is -0.132. The van der Waals surface area contributed by atoms with Gasteiger partial charge in [0.15, 0.2) is 16.7 Å². The van der Waals surface area contributed by atoms with Crippen molar-refractivity contribution in [1.29, 1.82) is 0 Å². The summed E-state index contributed by atoms with van der Waals surface area (Å²) in [5.74, 6) is 2.30. The van der Waals surface area contributed by atoms with Gasteiger partial charge in [-0.05, 0) is 18.1 Å². The van der Waals surface area contributed by atoms with Gasteiger partial charge >= 0.3 is 0 Å². The van der Waals surface area contributed by atoms with Crippen molar-refractivity contribution >= 4 is 17.7 Å². The molecule has 2 aromatic rings. The molecule has 24 heavy (non-hydrogen) atoms. The molecule has 0 spiro atoms. The predicted molar refractivity (Wildman–Crippen MR) is 90.7 cm³/mol. The number of morpholine rings is 1. The van der Waals surface area contributed by atoms with Crippen molar-refractivity contribution < 1.29 is 13.9 Å². The number of thioether (sulfide) groups is 1. The van der Waals surface area contributed by atoms with Gasteiger partial charge in [-0.3, -0.25) is 9.36 Å². The third-order valence-corrected chi connectivity index (χ3v) is 4.65. The third kappa shape index (κ3) is 3.99. The molecule has 0 bridgehead atoms. The molecule has 1 amide bonds. The molecule has 130 valence electrons. The summed E-state index contributed by atoms with van der Waals surface area (Å²) in [5.41, 5.74) is 0. The lowest BCUT2D eigenvalue weighted by atomic mass is 10.2. The zero-order valence-corrected chi connectivity index (χ0v) is 14.8. The van der Waals surface area contributed by atoms with Crippen molar-refractivity contribution in [2.45, 2.75) is 25.5 Å². The van der Waals surface area contributed by atoms with E-state index in [-0.39, 0.29) is 5.91 Å². The van der Waals surface area contributed by atoms with E-state index in [2.05, 4.69) is 24.0 Å². The Morgan fingerprint density at radius 2 is 2.12 bits per heavy atom. The number of hydrogen-bond donors (Lipinski definition) is 0. The van der Waals surface area contributed by atoms with Gasteiger partial charge < -0.3 is 14.1 Å². The molecule has 1 aliphatic heterocycles. The molecule has 3 heterocycles. The van der Waals surface area contributed by atoms with Crippen molar-refractivity contribution in [3.05, 3.63) is 18.4 Å². The molecule has 0 aliphatic carbocycles. The van der Waals surface area contributed by atoms with E-state index in [0.29, 0.717) is 49.6 Å². The van der Waals surface area contributed by atoms with E-state index in [4.69, 9.17) is 9.15 Å². The smallest absolute Gasteiger partial charge is 0.233 e. The van der Waals surface area contributed by atoms with Crippen LogP contribution in [0.1, 0.15) is 13.8 Å². The Balaban J connectivity index is 1.71. The fraction of sp³-hybridized carbons (Fsp3) is 0.562. The maximum Gasteiger partial charge on any atom is 0.233 e. The monoisotopic (exact) mass is 350 g/mol. The molecule has 1 saturated heterocycles. The number of nitrogens with zero attached hydrogens (tertiary/aromatic N) is 4. The first-order chi connectivity index (χ1) is 11.6. The van der Waals surface area contributed by atoms with Crippen LogP contribution in [0.5, 0.6) is 0 Å². The first kappa shape index (κ1) is 17.0. The predicted octanol–water partition coefficient (Wildman–Crippen LogP) is 2.14. The van der Waals surface area contributed by atoms with Crippen LogP contribution in [0, 0.1) is 5.92 Å². The first-order valence-electron chi connectivity index (χ1n) is 8.10. The quantitative estimate of drug-likeness (QED) is 0.743. The SMILES string of the molecule is CC(C)Cn1c(SCC(=O)N2CCOCC2)nnc1-c1ccco1. The number of amides is 1. The van der Waals surface area contributed by atoms with Crippen molar-refractivity contribution in [2.75, 3.05) is 32.1 Å². The fourth-order valence-electron chi connectivity index (χ4n) is 2.54. The van der Waals surface area contributed by atoms with E-state index in [1.165, 1.54) is 11.8 Å². The normalized spacial score (nSPS) is 15.2. The average molecular weight is 350 g/mol. The molecule has 0 aromatic carbocycles. The number of furan rings is 1. The van der Waals surface area contributed by atoms with Crippen LogP contribution in [0.4, 0.5) is 0 Å². The summed E-state index contributed by atoms with van der Waals surface area (Å²) in [7, 11) is 0. The van der Waals surface area contributed by atoms with Crippen LogP contribution in [0.25, 0.3) is 11.6 Å². The molecule has 7 nitrogen and oxygen atoms in total. The van der Waals surface area contributed by atoms with E-state index < -0.39 is 0 Å². The number of carbonyl (C=O) groups excluding carboxylic acids is 1. The van der Waals surface area contributed by atoms with Gasteiger partial charge in [-0.1, -0.05) is 25.6 Å². The van der Waals surface area contributed by atoms with E-state index in [9.17, 15) is 4.79 Å². The minimum atomic E-state index is 0.113. The topological polar surface area (TPSA) is 73.4 Å². The minimum absolute atomic E-state index is 0.113. The van der Waals surface area contributed by atoms with Crippen molar-refractivity contribution in [1.82, 2.24) is 19.7 Å². The maximum absolute atomic E-state index is 12.3. The van der Waals surface area contributed by atoms with Crippen LogP contribution in [0.3, 0.4) is 0 Å². The molecule has 0 N–H and O–H groups in total. The highest BCUT2D eigenvalue weighted by Crippen LogP contribution is 2.25. The van der Waals surface area contributed by atoms with Gasteiger partial charge in [-0.2, -0.15) is 0 Å². The molecule has 0 unspecified atom stereocenters. The highest BCUT2D eigenvalue weighted by atomic mass is 32.2. The highest BCUT2D eigenvalue weighted by molar-refractivity contribution is 7.99. The van der Waals surface area contributed by atoms with Gasteiger partial charge in [0.1, 0.15) is 0 Å². The molecular weight excluding hydrogens is 328 g/mol. The largest absolute Gasteiger partial charge is 0.461 e.